The molecule has 1 aromatic rings. The van der Waals surface area contributed by atoms with Crippen LogP contribution in [0, 0.1) is 0 Å². The highest BCUT2D eigenvalue weighted by atomic mass is 16.5. The lowest BCUT2D eigenvalue weighted by Crippen LogP contribution is -2.07. The molecular weight excluding hydrogens is 252 g/mol. The van der Waals surface area contributed by atoms with Crippen LogP contribution in [0.2, 0.25) is 0 Å². The molecule has 20 heavy (non-hydrogen) atoms. The number of hydrogen-bond donors (Lipinski definition) is 2. The molecule has 0 spiro atoms. The van der Waals surface area contributed by atoms with Crippen molar-refractivity contribution in [1.82, 2.24) is 0 Å². The molecule has 0 saturated heterocycles. The van der Waals surface area contributed by atoms with Gasteiger partial charge in [0.15, 0.2) is 11.5 Å². The average molecular weight is 280 g/mol. The van der Waals surface area contributed by atoms with Gasteiger partial charge in [-0.2, -0.15) is 0 Å². The van der Waals surface area contributed by atoms with E-state index < -0.39 is 0 Å². The maximum atomic E-state index is 9.97. The van der Waals surface area contributed by atoms with Crippen molar-refractivity contribution in [1.29, 1.82) is 0 Å². The van der Waals surface area contributed by atoms with Crippen LogP contribution < -0.4 is 4.74 Å². The Morgan fingerprint density at radius 2 is 1.85 bits per heavy atom. The summed E-state index contributed by atoms with van der Waals surface area (Å²) in [6.45, 7) is 2.21. The van der Waals surface area contributed by atoms with E-state index in [9.17, 15) is 10.2 Å². The van der Waals surface area contributed by atoms with Gasteiger partial charge in [0, 0.05) is 0 Å². The molecule has 0 aliphatic carbocycles. The van der Waals surface area contributed by atoms with Crippen LogP contribution >= 0.6 is 0 Å². The summed E-state index contributed by atoms with van der Waals surface area (Å²) in [4.78, 5) is 0. The Kier molecular flexibility index (Phi) is 8.12. The van der Waals surface area contributed by atoms with Crippen molar-refractivity contribution in [3.8, 4) is 11.5 Å². The van der Waals surface area contributed by atoms with Gasteiger partial charge in [-0.3, -0.25) is 0 Å². The molecule has 0 aromatic heterocycles. The Morgan fingerprint density at radius 3 is 2.55 bits per heavy atom. The van der Waals surface area contributed by atoms with Gasteiger partial charge in [-0.25, -0.2) is 0 Å². The second-order valence-electron chi connectivity index (χ2n) is 5.40. The number of ether oxygens (including phenoxy) is 1. The summed E-state index contributed by atoms with van der Waals surface area (Å²) in [5.41, 5.74) is 1.09. The molecular formula is C17H28O3. The summed E-state index contributed by atoms with van der Waals surface area (Å²) < 4.78 is 5.08. The number of aromatic hydroxyl groups is 1. The van der Waals surface area contributed by atoms with Gasteiger partial charge in [-0.1, -0.05) is 45.1 Å². The van der Waals surface area contributed by atoms with Crippen LogP contribution in [0.1, 0.15) is 57.4 Å². The fourth-order valence-corrected chi connectivity index (χ4v) is 2.34. The van der Waals surface area contributed by atoms with E-state index in [1.54, 1.807) is 13.2 Å². The minimum Gasteiger partial charge on any atom is -0.504 e. The van der Waals surface area contributed by atoms with E-state index in [0.29, 0.717) is 5.75 Å². The number of aliphatic hydroxyl groups excluding tert-OH is 1. The summed E-state index contributed by atoms with van der Waals surface area (Å²) in [7, 11) is 1.55. The van der Waals surface area contributed by atoms with Gasteiger partial charge >= 0.3 is 0 Å². The smallest absolute Gasteiger partial charge is 0.160 e. The number of phenols is 1. The first-order valence-corrected chi connectivity index (χ1v) is 7.71. The van der Waals surface area contributed by atoms with Crippen LogP contribution in [0.5, 0.6) is 11.5 Å². The number of aliphatic hydroxyl groups is 1. The molecule has 0 radical (unpaired) electrons. The van der Waals surface area contributed by atoms with Crippen LogP contribution in [-0.2, 0) is 6.42 Å². The predicted molar refractivity (Wildman–Crippen MR) is 82.4 cm³/mol. The minimum absolute atomic E-state index is 0.160. The molecule has 0 fully saturated rings. The molecule has 0 aliphatic rings. The standard InChI is InChI=1S/C17H28O3/c1-3-4-5-6-7-8-15(18)11-9-14-10-12-16(19)17(13-14)20-2/h10,12-13,15,18-19H,3-9,11H2,1-2H3/t15-/m1/s1. The molecule has 0 amide bonds. The highest BCUT2D eigenvalue weighted by molar-refractivity contribution is 5.41. The van der Waals surface area contributed by atoms with Crippen molar-refractivity contribution < 1.29 is 14.9 Å². The van der Waals surface area contributed by atoms with E-state index in [0.717, 1.165) is 31.2 Å². The average Bonchev–Trinajstić information content (AvgIpc) is 2.46. The van der Waals surface area contributed by atoms with Crippen LogP contribution in [0.4, 0.5) is 0 Å². The number of phenolic OH excluding ortho intramolecular Hbond substituents is 1. The fourth-order valence-electron chi connectivity index (χ4n) is 2.34. The first-order valence-electron chi connectivity index (χ1n) is 7.71. The lowest BCUT2D eigenvalue weighted by Gasteiger charge is -2.11. The number of aryl methyl sites for hydroxylation is 1. The van der Waals surface area contributed by atoms with Crippen molar-refractivity contribution in [3.05, 3.63) is 23.8 Å². The number of methoxy groups -OCH3 is 1. The van der Waals surface area contributed by atoms with Gasteiger partial charge in [0.25, 0.3) is 0 Å². The molecule has 0 unspecified atom stereocenters. The lowest BCUT2D eigenvalue weighted by atomic mass is 10.0. The molecule has 3 nitrogen and oxygen atoms in total. The van der Waals surface area contributed by atoms with E-state index in [4.69, 9.17) is 4.74 Å². The topological polar surface area (TPSA) is 49.7 Å². The monoisotopic (exact) mass is 280 g/mol. The summed E-state index contributed by atoms with van der Waals surface area (Å²) >= 11 is 0. The Labute approximate surface area is 122 Å². The largest absolute Gasteiger partial charge is 0.504 e. The van der Waals surface area contributed by atoms with Crippen molar-refractivity contribution in [2.45, 2.75) is 64.4 Å². The van der Waals surface area contributed by atoms with E-state index in [1.165, 1.54) is 25.7 Å². The summed E-state index contributed by atoms with van der Waals surface area (Å²) in [6, 6.07) is 5.36. The van der Waals surface area contributed by atoms with Crippen molar-refractivity contribution in [2.24, 2.45) is 0 Å². The summed E-state index contributed by atoms with van der Waals surface area (Å²) in [5.74, 6) is 0.657. The zero-order valence-corrected chi connectivity index (χ0v) is 12.8. The molecule has 0 heterocycles. The Bertz CT molecular complexity index is 376. The maximum Gasteiger partial charge on any atom is 0.160 e. The van der Waals surface area contributed by atoms with Gasteiger partial charge in [-0.15, -0.1) is 0 Å². The lowest BCUT2D eigenvalue weighted by molar-refractivity contribution is 0.151. The number of unbranched alkanes of at least 4 members (excludes halogenated alkanes) is 4. The van der Waals surface area contributed by atoms with E-state index >= 15 is 0 Å². The third-order valence-electron chi connectivity index (χ3n) is 3.65. The molecule has 1 aromatic carbocycles. The van der Waals surface area contributed by atoms with Crippen LogP contribution in [-0.4, -0.2) is 23.4 Å². The van der Waals surface area contributed by atoms with E-state index in [2.05, 4.69) is 6.92 Å². The molecule has 114 valence electrons. The maximum absolute atomic E-state index is 9.97. The normalized spacial score (nSPS) is 12.3. The highest BCUT2D eigenvalue weighted by Crippen LogP contribution is 2.27. The van der Waals surface area contributed by atoms with Crippen LogP contribution in [0.3, 0.4) is 0 Å². The SMILES string of the molecule is CCCCCCC[C@@H](O)CCc1ccc(O)c(OC)c1. The van der Waals surface area contributed by atoms with Crippen molar-refractivity contribution >= 4 is 0 Å². The highest BCUT2D eigenvalue weighted by Gasteiger charge is 2.07. The summed E-state index contributed by atoms with van der Waals surface area (Å²) in [6.07, 6.45) is 8.40. The molecule has 2 N–H and O–H groups in total. The van der Waals surface area contributed by atoms with Gasteiger partial charge in [-0.05, 0) is 37.0 Å². The third kappa shape index (κ3) is 6.29. The molecule has 1 atom stereocenters. The van der Waals surface area contributed by atoms with Crippen LogP contribution in [0.15, 0.2) is 18.2 Å². The molecule has 0 saturated carbocycles. The minimum atomic E-state index is -0.226. The quantitative estimate of drug-likeness (QED) is 0.636. The first kappa shape index (κ1) is 16.8. The Hall–Kier alpha value is -1.22. The van der Waals surface area contributed by atoms with Gasteiger partial charge in [0.2, 0.25) is 0 Å². The Balaban J connectivity index is 2.25. The van der Waals surface area contributed by atoms with Gasteiger partial charge in [0.1, 0.15) is 0 Å². The fraction of sp³-hybridized carbons (Fsp3) is 0.647. The first-order chi connectivity index (χ1) is 9.67. The Morgan fingerprint density at radius 1 is 1.10 bits per heavy atom. The second kappa shape index (κ2) is 9.65. The van der Waals surface area contributed by atoms with Crippen molar-refractivity contribution in [2.75, 3.05) is 7.11 Å². The van der Waals surface area contributed by atoms with E-state index in [1.807, 2.05) is 12.1 Å². The van der Waals surface area contributed by atoms with Gasteiger partial charge < -0.3 is 14.9 Å². The second-order valence-corrected chi connectivity index (χ2v) is 5.40. The summed E-state index contributed by atoms with van der Waals surface area (Å²) in [5, 5.41) is 19.5. The number of hydrogen-bond acceptors (Lipinski definition) is 3. The predicted octanol–water partition coefficient (Wildman–Crippen LogP) is 4.05. The number of benzene rings is 1. The third-order valence-corrected chi connectivity index (χ3v) is 3.65. The number of rotatable bonds is 10. The van der Waals surface area contributed by atoms with Gasteiger partial charge in [0.05, 0.1) is 13.2 Å². The molecule has 0 bridgehead atoms. The molecule has 1 rings (SSSR count). The van der Waals surface area contributed by atoms with Crippen LogP contribution in [0.25, 0.3) is 0 Å². The zero-order chi connectivity index (χ0) is 14.8. The zero-order valence-electron chi connectivity index (χ0n) is 12.8. The molecule has 3 heteroatoms. The molecule has 0 aliphatic heterocycles. The van der Waals surface area contributed by atoms with E-state index in [-0.39, 0.29) is 11.9 Å². The van der Waals surface area contributed by atoms with Crippen molar-refractivity contribution in [3.63, 3.8) is 0 Å².